The first kappa shape index (κ1) is 30.9. The number of para-hydroxylation sites is 1. The van der Waals surface area contributed by atoms with E-state index < -0.39 is 40.4 Å². The largest absolute Gasteiger partial charge is 0.476 e. The molecular weight excluding hydrogens is 615 g/mol. The van der Waals surface area contributed by atoms with E-state index in [0.717, 1.165) is 34.7 Å². The minimum absolute atomic E-state index is 0.0403. The van der Waals surface area contributed by atoms with Crippen LogP contribution in [0.4, 0.5) is 24.5 Å². The third-order valence-electron chi connectivity index (χ3n) is 6.45. The van der Waals surface area contributed by atoms with Crippen molar-refractivity contribution in [2.24, 2.45) is 5.10 Å². The average Bonchev–Trinajstić information content (AvgIpc) is 3.00. The molecule has 0 saturated heterocycles. The molecule has 0 bridgehead atoms. The van der Waals surface area contributed by atoms with E-state index >= 15 is 0 Å². The maximum absolute atomic E-state index is 13.5. The number of amides is 1. The van der Waals surface area contributed by atoms with E-state index in [9.17, 15) is 32.9 Å². The topological polar surface area (TPSA) is 129 Å². The van der Waals surface area contributed by atoms with Gasteiger partial charge in [0.25, 0.3) is 11.5 Å². The molecule has 5 aromatic rings. The molecule has 4 aromatic carbocycles. The number of halogens is 4. The third kappa shape index (κ3) is 6.99. The van der Waals surface area contributed by atoms with Crippen molar-refractivity contribution in [2.45, 2.75) is 13.1 Å². The second-order valence-electron chi connectivity index (χ2n) is 9.70. The van der Waals surface area contributed by atoms with Gasteiger partial charge in [-0.1, -0.05) is 53.6 Å². The molecular formula is C31H21ClF3N5O5. The number of aromatic nitrogens is 2. The lowest BCUT2D eigenvalue weighted by Gasteiger charge is -2.12. The molecule has 0 fully saturated rings. The van der Waals surface area contributed by atoms with Crippen LogP contribution in [0.3, 0.4) is 0 Å². The fourth-order valence-corrected chi connectivity index (χ4v) is 4.58. The predicted molar refractivity (Wildman–Crippen MR) is 163 cm³/mol. The van der Waals surface area contributed by atoms with Crippen molar-refractivity contribution in [2.75, 3.05) is 11.9 Å². The van der Waals surface area contributed by atoms with Crippen LogP contribution >= 0.6 is 11.6 Å². The fourth-order valence-electron chi connectivity index (χ4n) is 4.30. The molecule has 0 spiro atoms. The molecule has 1 amide bonds. The standard InChI is InChI=1S/C31H21ClF3N5O5/c1-18-9-11-22(12-10-18)37-27(41)17-45-28-24(32)13-19(14-26(28)40(43)44)16-36-39-29(20-5-4-6-21(15-20)31(33,34)35)38-25-8-3-2-7-23(25)30(39)42/h2-16H,17H2,1H3,(H,37,41). The maximum atomic E-state index is 13.5. The summed E-state index contributed by atoms with van der Waals surface area (Å²) in [6.07, 6.45) is -3.58. The summed E-state index contributed by atoms with van der Waals surface area (Å²) >= 11 is 6.31. The molecule has 1 heterocycles. The lowest BCUT2D eigenvalue weighted by molar-refractivity contribution is -0.385. The molecule has 0 atom stereocenters. The third-order valence-corrected chi connectivity index (χ3v) is 6.73. The molecule has 1 N–H and O–H groups in total. The van der Waals surface area contributed by atoms with Crippen molar-refractivity contribution in [1.82, 2.24) is 9.66 Å². The minimum atomic E-state index is -4.65. The normalized spacial score (nSPS) is 11.6. The zero-order chi connectivity index (χ0) is 32.3. The van der Waals surface area contributed by atoms with Crippen LogP contribution in [-0.4, -0.2) is 33.3 Å². The highest BCUT2D eigenvalue weighted by Gasteiger charge is 2.31. The van der Waals surface area contributed by atoms with Gasteiger partial charge in [0.2, 0.25) is 5.75 Å². The summed E-state index contributed by atoms with van der Waals surface area (Å²) in [5.74, 6) is -1.14. The van der Waals surface area contributed by atoms with Crippen molar-refractivity contribution in [3.05, 3.63) is 127 Å². The van der Waals surface area contributed by atoms with Gasteiger partial charge >= 0.3 is 11.9 Å². The number of carbonyl (C=O) groups excluding carboxylic acids is 1. The number of alkyl halides is 3. The summed E-state index contributed by atoms with van der Waals surface area (Å²) in [4.78, 5) is 41.3. The number of nitrogens with one attached hydrogen (secondary N) is 1. The van der Waals surface area contributed by atoms with E-state index in [1.54, 1.807) is 36.4 Å². The van der Waals surface area contributed by atoms with Crippen molar-refractivity contribution in [3.63, 3.8) is 0 Å². The van der Waals surface area contributed by atoms with Crippen LogP contribution in [0.15, 0.2) is 94.8 Å². The Morgan fingerprint density at radius 2 is 1.82 bits per heavy atom. The van der Waals surface area contributed by atoms with Crippen molar-refractivity contribution < 1.29 is 27.6 Å². The number of rotatable bonds is 8. The monoisotopic (exact) mass is 635 g/mol. The zero-order valence-corrected chi connectivity index (χ0v) is 24.0. The van der Waals surface area contributed by atoms with Gasteiger partial charge in [-0.25, -0.2) is 4.98 Å². The number of fused-ring (bicyclic) bond motifs is 1. The Morgan fingerprint density at radius 1 is 1.09 bits per heavy atom. The second kappa shape index (κ2) is 12.6. The van der Waals surface area contributed by atoms with Gasteiger partial charge in [0, 0.05) is 22.9 Å². The number of hydrogen-bond donors (Lipinski definition) is 1. The maximum Gasteiger partial charge on any atom is 0.416 e. The first-order valence-corrected chi connectivity index (χ1v) is 13.5. The Labute approximate surface area is 257 Å². The van der Waals surface area contributed by atoms with E-state index in [-0.39, 0.29) is 38.6 Å². The van der Waals surface area contributed by atoms with Crippen LogP contribution in [-0.2, 0) is 11.0 Å². The highest BCUT2D eigenvalue weighted by Crippen LogP contribution is 2.36. The number of aryl methyl sites for hydroxylation is 1. The van der Waals surface area contributed by atoms with Gasteiger partial charge in [0.1, 0.15) is 0 Å². The lowest BCUT2D eigenvalue weighted by atomic mass is 10.1. The van der Waals surface area contributed by atoms with Crippen LogP contribution < -0.4 is 15.6 Å². The van der Waals surface area contributed by atoms with E-state index in [0.29, 0.717) is 5.69 Å². The van der Waals surface area contributed by atoms with Crippen LogP contribution in [0.1, 0.15) is 16.7 Å². The quantitative estimate of drug-likeness (QED) is 0.113. The molecule has 14 heteroatoms. The predicted octanol–water partition coefficient (Wildman–Crippen LogP) is 6.85. The number of ether oxygens (including phenoxy) is 1. The molecule has 0 aliphatic heterocycles. The van der Waals surface area contributed by atoms with Crippen LogP contribution in [0.25, 0.3) is 22.3 Å². The van der Waals surface area contributed by atoms with Gasteiger partial charge in [-0.2, -0.15) is 22.9 Å². The van der Waals surface area contributed by atoms with Crippen LogP contribution in [0.2, 0.25) is 5.02 Å². The van der Waals surface area contributed by atoms with Gasteiger partial charge in [-0.05, 0) is 49.4 Å². The van der Waals surface area contributed by atoms with Crippen LogP contribution in [0, 0.1) is 17.0 Å². The van der Waals surface area contributed by atoms with Crippen molar-refractivity contribution in [3.8, 4) is 17.1 Å². The number of carbonyl (C=O) groups is 1. The molecule has 0 aliphatic carbocycles. The van der Waals surface area contributed by atoms with Gasteiger partial charge in [-0.3, -0.25) is 19.7 Å². The lowest BCUT2D eigenvalue weighted by Crippen LogP contribution is -2.21. The minimum Gasteiger partial charge on any atom is -0.476 e. The molecule has 0 saturated carbocycles. The highest BCUT2D eigenvalue weighted by molar-refractivity contribution is 6.32. The average molecular weight is 636 g/mol. The molecule has 228 valence electrons. The number of nitrogens with zero attached hydrogens (tertiary/aromatic N) is 4. The molecule has 0 aliphatic rings. The van der Waals surface area contributed by atoms with Gasteiger partial charge < -0.3 is 10.1 Å². The first-order valence-electron chi connectivity index (χ1n) is 13.1. The van der Waals surface area contributed by atoms with Crippen molar-refractivity contribution in [1.29, 1.82) is 0 Å². The summed E-state index contributed by atoms with van der Waals surface area (Å²) in [5.41, 5.74) is -0.497. The summed E-state index contributed by atoms with van der Waals surface area (Å²) in [5, 5.41) is 18.5. The Morgan fingerprint density at radius 3 is 2.53 bits per heavy atom. The number of anilines is 1. The van der Waals surface area contributed by atoms with E-state index in [1.807, 2.05) is 6.92 Å². The Bertz CT molecular complexity index is 2030. The summed E-state index contributed by atoms with van der Waals surface area (Å²) in [6.45, 7) is 1.30. The number of nitro benzene ring substituents is 1. The molecule has 5 rings (SSSR count). The molecule has 0 radical (unpaired) electrons. The highest BCUT2D eigenvalue weighted by atomic mass is 35.5. The molecule has 10 nitrogen and oxygen atoms in total. The zero-order valence-electron chi connectivity index (χ0n) is 23.2. The fraction of sp³-hybridized carbons (Fsp3) is 0.0968. The van der Waals surface area contributed by atoms with Crippen molar-refractivity contribution >= 4 is 46.0 Å². The number of benzene rings is 4. The SMILES string of the molecule is Cc1ccc(NC(=O)COc2c(Cl)cc(C=Nn3c(-c4cccc(C(F)(F)F)c4)nc4ccccc4c3=O)cc2[N+](=O)[O-])cc1. The van der Waals surface area contributed by atoms with E-state index in [1.165, 1.54) is 30.3 Å². The second-order valence-corrected chi connectivity index (χ2v) is 10.1. The molecule has 1 aromatic heterocycles. The first-order chi connectivity index (χ1) is 21.4. The van der Waals surface area contributed by atoms with Gasteiger partial charge in [-0.15, -0.1) is 0 Å². The number of hydrogen-bond acceptors (Lipinski definition) is 7. The molecule has 45 heavy (non-hydrogen) atoms. The van der Waals surface area contributed by atoms with Gasteiger partial charge in [0.15, 0.2) is 12.4 Å². The van der Waals surface area contributed by atoms with Gasteiger partial charge in [0.05, 0.1) is 32.6 Å². The number of nitro groups is 1. The summed E-state index contributed by atoms with van der Waals surface area (Å²) in [7, 11) is 0. The smallest absolute Gasteiger partial charge is 0.416 e. The Kier molecular flexibility index (Phi) is 8.64. The van der Waals surface area contributed by atoms with E-state index in [2.05, 4.69) is 15.4 Å². The van der Waals surface area contributed by atoms with E-state index in [4.69, 9.17) is 16.3 Å². The Hall–Kier alpha value is -5.56. The Balaban J connectivity index is 1.49. The summed E-state index contributed by atoms with van der Waals surface area (Å²) < 4.78 is 46.6. The van der Waals surface area contributed by atoms with Crippen LogP contribution in [0.5, 0.6) is 5.75 Å². The summed E-state index contributed by atoms with van der Waals surface area (Å²) in [6, 6.07) is 19.8. The molecule has 0 unspecified atom stereocenters.